The minimum absolute atomic E-state index is 0.350. The summed E-state index contributed by atoms with van der Waals surface area (Å²) in [6.07, 6.45) is 1.61. The van der Waals surface area contributed by atoms with E-state index in [0.29, 0.717) is 12.1 Å². The van der Waals surface area contributed by atoms with E-state index in [-0.39, 0.29) is 0 Å². The zero-order valence-corrected chi connectivity index (χ0v) is 8.12. The molecule has 72 valence electrons. The molecule has 0 bridgehead atoms. The molecule has 1 fully saturated rings. The monoisotopic (exact) mass is 172 g/mol. The zero-order valence-electron chi connectivity index (χ0n) is 8.12. The van der Waals surface area contributed by atoms with Gasteiger partial charge in [-0.05, 0) is 20.3 Å². The van der Waals surface area contributed by atoms with Gasteiger partial charge in [-0.1, -0.05) is 0 Å². The highest BCUT2D eigenvalue weighted by molar-refractivity contribution is 4.82. The minimum atomic E-state index is 0.350. The Balaban J connectivity index is 2.00. The summed E-state index contributed by atoms with van der Waals surface area (Å²) >= 11 is 0. The Bertz CT molecular complexity index is 126. The molecule has 12 heavy (non-hydrogen) atoms. The Morgan fingerprint density at radius 3 is 2.75 bits per heavy atom. The lowest BCUT2D eigenvalue weighted by atomic mass is 10.0. The van der Waals surface area contributed by atoms with E-state index in [2.05, 4.69) is 18.7 Å². The molecule has 0 spiro atoms. The second-order valence-electron chi connectivity index (χ2n) is 3.63. The quantitative estimate of drug-likeness (QED) is 0.654. The molecule has 0 radical (unpaired) electrons. The zero-order chi connectivity index (χ0) is 8.97. The van der Waals surface area contributed by atoms with Crippen molar-refractivity contribution in [1.29, 1.82) is 0 Å². The van der Waals surface area contributed by atoms with Crippen LogP contribution in [0, 0.1) is 0 Å². The predicted molar refractivity (Wildman–Crippen MR) is 50.1 cm³/mol. The van der Waals surface area contributed by atoms with Crippen LogP contribution in [0.25, 0.3) is 0 Å². The molecule has 0 aromatic heterocycles. The van der Waals surface area contributed by atoms with Crippen LogP contribution in [0.2, 0.25) is 0 Å². The summed E-state index contributed by atoms with van der Waals surface area (Å²) in [4.78, 5) is 2.39. The smallest absolute Gasteiger partial charge is 0.0597 e. The number of nitrogens with zero attached hydrogens (tertiary/aromatic N) is 1. The van der Waals surface area contributed by atoms with Crippen molar-refractivity contribution in [3.8, 4) is 0 Å². The molecule has 2 N–H and O–H groups in total. The molecule has 1 aliphatic heterocycles. The molecule has 3 heteroatoms. The first kappa shape index (κ1) is 9.96. The Labute approximate surface area is 74.9 Å². The first-order valence-electron chi connectivity index (χ1n) is 4.79. The van der Waals surface area contributed by atoms with Gasteiger partial charge in [0.25, 0.3) is 0 Å². The van der Waals surface area contributed by atoms with Crippen molar-refractivity contribution in [2.45, 2.75) is 32.4 Å². The maximum Gasteiger partial charge on any atom is 0.0597 e. The summed E-state index contributed by atoms with van der Waals surface area (Å²) in [5.41, 5.74) is 5.57. The maximum absolute atomic E-state index is 5.57. The average Bonchev–Trinajstić information content (AvgIpc) is 1.96. The summed E-state index contributed by atoms with van der Waals surface area (Å²) < 4.78 is 5.46. The normalized spacial score (nSPS) is 24.5. The second kappa shape index (κ2) is 4.80. The van der Waals surface area contributed by atoms with Gasteiger partial charge >= 0.3 is 0 Å². The van der Waals surface area contributed by atoms with Gasteiger partial charge in [-0.15, -0.1) is 0 Å². The molecule has 0 aromatic carbocycles. The van der Waals surface area contributed by atoms with Crippen LogP contribution < -0.4 is 5.73 Å². The number of rotatable bonds is 5. The Kier molecular flexibility index (Phi) is 3.98. The molecule has 1 saturated heterocycles. The molecular weight excluding hydrogens is 152 g/mol. The fourth-order valence-corrected chi connectivity index (χ4v) is 1.46. The molecular formula is C9H20N2O. The molecule has 1 aliphatic rings. The van der Waals surface area contributed by atoms with E-state index in [4.69, 9.17) is 10.5 Å². The molecule has 0 amide bonds. The van der Waals surface area contributed by atoms with Crippen molar-refractivity contribution < 1.29 is 4.74 Å². The first-order valence-corrected chi connectivity index (χ1v) is 4.79. The van der Waals surface area contributed by atoms with Crippen LogP contribution in [-0.4, -0.2) is 43.3 Å². The van der Waals surface area contributed by atoms with Crippen LogP contribution in [0.3, 0.4) is 0 Å². The van der Waals surface area contributed by atoms with Gasteiger partial charge in [-0.25, -0.2) is 0 Å². The summed E-state index contributed by atoms with van der Waals surface area (Å²) in [6.45, 7) is 8.01. The number of hydrogen-bond donors (Lipinski definition) is 1. The van der Waals surface area contributed by atoms with Crippen molar-refractivity contribution in [1.82, 2.24) is 4.90 Å². The predicted octanol–water partition coefficient (Wildman–Crippen LogP) is 0.444. The first-order chi connectivity index (χ1) is 5.74. The van der Waals surface area contributed by atoms with Crippen LogP contribution in [-0.2, 0) is 4.74 Å². The van der Waals surface area contributed by atoms with Gasteiger partial charge in [0.2, 0.25) is 0 Å². The molecule has 1 heterocycles. The summed E-state index contributed by atoms with van der Waals surface area (Å²) in [7, 11) is 0. The third-order valence-corrected chi connectivity index (χ3v) is 2.37. The van der Waals surface area contributed by atoms with Gasteiger partial charge in [0.1, 0.15) is 0 Å². The van der Waals surface area contributed by atoms with E-state index in [1.54, 1.807) is 0 Å². The lowest BCUT2D eigenvalue weighted by molar-refractivity contribution is 0.0212. The number of likely N-dealkylation sites (tertiary alicyclic amines) is 1. The van der Waals surface area contributed by atoms with Crippen LogP contribution in [0.15, 0.2) is 0 Å². The highest BCUT2D eigenvalue weighted by Crippen LogP contribution is 2.14. The second-order valence-corrected chi connectivity index (χ2v) is 3.63. The van der Waals surface area contributed by atoms with Crippen LogP contribution in [0.4, 0.5) is 0 Å². The fraction of sp³-hybridized carbons (Fsp3) is 1.00. The summed E-state index contributed by atoms with van der Waals surface area (Å²) in [5, 5.41) is 0. The van der Waals surface area contributed by atoms with Crippen LogP contribution >= 0.6 is 0 Å². The highest BCUT2D eigenvalue weighted by Gasteiger charge is 2.25. The van der Waals surface area contributed by atoms with Gasteiger partial charge in [0.15, 0.2) is 0 Å². The molecule has 1 rings (SSSR count). The topological polar surface area (TPSA) is 38.5 Å². The molecule has 1 atom stereocenters. The van der Waals surface area contributed by atoms with Gasteiger partial charge in [0.05, 0.1) is 12.7 Å². The third-order valence-electron chi connectivity index (χ3n) is 2.37. The van der Waals surface area contributed by atoms with Crippen molar-refractivity contribution in [3.63, 3.8) is 0 Å². The van der Waals surface area contributed by atoms with Crippen LogP contribution in [0.5, 0.6) is 0 Å². The highest BCUT2D eigenvalue weighted by atomic mass is 16.5. The van der Waals surface area contributed by atoms with Gasteiger partial charge < -0.3 is 10.5 Å². The van der Waals surface area contributed by atoms with Gasteiger partial charge in [0, 0.05) is 25.7 Å². The number of ether oxygens (including phenoxy) is 1. The number of hydrogen-bond acceptors (Lipinski definition) is 3. The van der Waals surface area contributed by atoms with Crippen LogP contribution in [0.1, 0.15) is 20.3 Å². The average molecular weight is 172 g/mol. The van der Waals surface area contributed by atoms with E-state index in [0.717, 1.165) is 19.7 Å². The van der Waals surface area contributed by atoms with Crippen molar-refractivity contribution >= 4 is 0 Å². The number of nitrogens with two attached hydrogens (primary N) is 1. The fourth-order valence-electron chi connectivity index (χ4n) is 1.46. The molecule has 0 aromatic rings. The Morgan fingerprint density at radius 1 is 1.58 bits per heavy atom. The summed E-state index contributed by atoms with van der Waals surface area (Å²) in [6, 6.07) is 0.626. The van der Waals surface area contributed by atoms with E-state index >= 15 is 0 Å². The Hall–Kier alpha value is -0.120. The van der Waals surface area contributed by atoms with E-state index in [1.807, 2.05) is 0 Å². The Morgan fingerprint density at radius 2 is 2.33 bits per heavy atom. The standard InChI is InChI=1S/C9H20N2O/c1-8(2)12-6-5-11-4-3-9(11)7-10/h8-9H,3-7,10H2,1-2H3. The van der Waals surface area contributed by atoms with Crippen molar-refractivity contribution in [2.75, 3.05) is 26.2 Å². The van der Waals surface area contributed by atoms with Gasteiger partial charge in [-0.3, -0.25) is 4.90 Å². The molecule has 0 saturated carbocycles. The molecule has 3 nitrogen and oxygen atoms in total. The van der Waals surface area contributed by atoms with E-state index in [1.165, 1.54) is 13.0 Å². The lowest BCUT2D eigenvalue weighted by Crippen LogP contribution is -2.52. The maximum atomic E-state index is 5.57. The lowest BCUT2D eigenvalue weighted by Gasteiger charge is -2.40. The molecule has 0 aliphatic carbocycles. The SMILES string of the molecule is CC(C)OCCN1CCC1CN. The summed E-state index contributed by atoms with van der Waals surface area (Å²) in [5.74, 6) is 0. The largest absolute Gasteiger partial charge is 0.377 e. The van der Waals surface area contributed by atoms with Crippen molar-refractivity contribution in [3.05, 3.63) is 0 Å². The minimum Gasteiger partial charge on any atom is -0.377 e. The van der Waals surface area contributed by atoms with E-state index < -0.39 is 0 Å². The third kappa shape index (κ3) is 2.73. The van der Waals surface area contributed by atoms with E-state index in [9.17, 15) is 0 Å². The molecule has 1 unspecified atom stereocenters. The van der Waals surface area contributed by atoms with Gasteiger partial charge in [-0.2, -0.15) is 0 Å². The van der Waals surface area contributed by atoms with Crippen molar-refractivity contribution in [2.24, 2.45) is 5.73 Å².